The molecule has 2 aromatic rings. The summed E-state index contributed by atoms with van der Waals surface area (Å²) in [7, 11) is 0. The Morgan fingerprint density at radius 2 is 2.33 bits per heavy atom. The second-order valence-corrected chi connectivity index (χ2v) is 6.75. The molecule has 2 bridgehead atoms. The van der Waals surface area contributed by atoms with Crippen LogP contribution < -0.4 is 10.6 Å². The molecule has 0 saturated carbocycles. The van der Waals surface area contributed by atoms with E-state index in [0.29, 0.717) is 23.2 Å². The number of nitrogens with one attached hydrogen (secondary N) is 2. The SMILES string of the molecule is N#Cc1csc2ccc(C(=O)N[C@@H]3C[C@H]4CC[C@@H]3N4)cc12. The molecule has 2 saturated heterocycles. The van der Waals surface area contributed by atoms with Gasteiger partial charge in [-0.05, 0) is 37.5 Å². The van der Waals surface area contributed by atoms with Crippen molar-refractivity contribution in [2.45, 2.75) is 37.4 Å². The fourth-order valence-corrected chi connectivity index (χ4v) is 4.36. The Morgan fingerprint density at radius 1 is 1.43 bits per heavy atom. The summed E-state index contributed by atoms with van der Waals surface area (Å²) in [5, 5.41) is 18.5. The average molecular weight is 297 g/mol. The summed E-state index contributed by atoms with van der Waals surface area (Å²) in [6.45, 7) is 0. The highest BCUT2D eigenvalue weighted by Gasteiger charge is 2.39. The van der Waals surface area contributed by atoms with Gasteiger partial charge in [0.1, 0.15) is 6.07 Å². The van der Waals surface area contributed by atoms with Crippen molar-refractivity contribution >= 4 is 27.3 Å². The van der Waals surface area contributed by atoms with Crippen LogP contribution in [0.5, 0.6) is 0 Å². The molecule has 2 fully saturated rings. The lowest BCUT2D eigenvalue weighted by atomic mass is 9.95. The third-order valence-electron chi connectivity index (χ3n) is 4.57. The number of thiophene rings is 1. The minimum atomic E-state index is -0.0358. The van der Waals surface area contributed by atoms with Gasteiger partial charge in [0.2, 0.25) is 0 Å². The van der Waals surface area contributed by atoms with Crippen LogP contribution in [-0.4, -0.2) is 24.0 Å². The van der Waals surface area contributed by atoms with Crippen molar-refractivity contribution < 1.29 is 4.79 Å². The summed E-state index contributed by atoms with van der Waals surface area (Å²) in [4.78, 5) is 12.4. The normalized spacial score (nSPS) is 26.9. The van der Waals surface area contributed by atoms with Gasteiger partial charge < -0.3 is 10.6 Å². The fourth-order valence-electron chi connectivity index (χ4n) is 3.49. The van der Waals surface area contributed by atoms with Crippen LogP contribution in [0.15, 0.2) is 23.6 Å². The predicted octanol–water partition coefficient (Wildman–Crippen LogP) is 2.40. The van der Waals surface area contributed by atoms with Crippen molar-refractivity contribution in [2.75, 3.05) is 0 Å². The van der Waals surface area contributed by atoms with E-state index in [1.54, 1.807) is 0 Å². The molecule has 0 radical (unpaired) electrons. The predicted molar refractivity (Wildman–Crippen MR) is 82.4 cm³/mol. The fraction of sp³-hybridized carbons (Fsp3) is 0.375. The highest BCUT2D eigenvalue weighted by Crippen LogP contribution is 2.29. The van der Waals surface area contributed by atoms with Crippen LogP contribution in [0.1, 0.15) is 35.2 Å². The zero-order chi connectivity index (χ0) is 14.4. The Kier molecular flexibility index (Phi) is 2.95. The van der Waals surface area contributed by atoms with E-state index in [1.807, 2.05) is 23.6 Å². The van der Waals surface area contributed by atoms with Crippen molar-refractivity contribution in [2.24, 2.45) is 0 Å². The van der Waals surface area contributed by atoms with Crippen LogP contribution in [-0.2, 0) is 0 Å². The van der Waals surface area contributed by atoms with Crippen molar-refractivity contribution in [3.05, 3.63) is 34.7 Å². The van der Waals surface area contributed by atoms with E-state index in [1.165, 1.54) is 17.8 Å². The maximum absolute atomic E-state index is 12.4. The lowest BCUT2D eigenvalue weighted by molar-refractivity contribution is 0.0931. The second-order valence-electron chi connectivity index (χ2n) is 5.84. The maximum atomic E-state index is 12.4. The number of amides is 1. The van der Waals surface area contributed by atoms with Crippen LogP contribution in [0.3, 0.4) is 0 Å². The van der Waals surface area contributed by atoms with Gasteiger partial charge in [0.15, 0.2) is 0 Å². The number of nitrogens with zero attached hydrogens (tertiary/aromatic N) is 1. The molecule has 1 amide bonds. The van der Waals surface area contributed by atoms with Gasteiger partial charge in [0, 0.05) is 39.2 Å². The molecule has 0 aliphatic carbocycles. The Bertz CT molecular complexity index is 760. The molecule has 1 aromatic heterocycles. The van der Waals surface area contributed by atoms with Crippen molar-refractivity contribution in [1.29, 1.82) is 5.26 Å². The number of benzene rings is 1. The molecule has 1 aromatic carbocycles. The van der Waals surface area contributed by atoms with E-state index in [9.17, 15) is 4.79 Å². The lowest BCUT2D eigenvalue weighted by Gasteiger charge is -2.21. The zero-order valence-corrected chi connectivity index (χ0v) is 12.2. The summed E-state index contributed by atoms with van der Waals surface area (Å²) in [6.07, 6.45) is 3.40. The molecule has 4 rings (SSSR count). The van der Waals surface area contributed by atoms with E-state index < -0.39 is 0 Å². The Morgan fingerprint density at radius 3 is 3.05 bits per heavy atom. The van der Waals surface area contributed by atoms with Gasteiger partial charge in [-0.15, -0.1) is 11.3 Å². The molecule has 106 valence electrons. The molecule has 5 heteroatoms. The smallest absolute Gasteiger partial charge is 0.251 e. The largest absolute Gasteiger partial charge is 0.348 e. The van der Waals surface area contributed by atoms with E-state index in [4.69, 9.17) is 5.26 Å². The third kappa shape index (κ3) is 2.11. The number of hydrogen-bond acceptors (Lipinski definition) is 4. The maximum Gasteiger partial charge on any atom is 0.251 e. The Hall–Kier alpha value is -1.90. The summed E-state index contributed by atoms with van der Waals surface area (Å²) in [5.74, 6) is -0.0358. The van der Waals surface area contributed by atoms with E-state index >= 15 is 0 Å². The standard InChI is InChI=1S/C16H15N3OS/c17-7-10-8-21-15-4-1-9(5-12(10)15)16(20)19-14-6-11-2-3-13(14)18-11/h1,4-5,8,11,13-14,18H,2-3,6H2,(H,19,20)/t11-,13+,14-/m1/s1. The highest BCUT2D eigenvalue weighted by atomic mass is 32.1. The molecule has 0 spiro atoms. The monoisotopic (exact) mass is 297 g/mol. The Labute approximate surface area is 126 Å². The number of carbonyl (C=O) groups is 1. The number of hydrogen-bond donors (Lipinski definition) is 2. The minimum Gasteiger partial charge on any atom is -0.348 e. The van der Waals surface area contributed by atoms with E-state index in [0.717, 1.165) is 22.9 Å². The van der Waals surface area contributed by atoms with E-state index in [-0.39, 0.29) is 11.9 Å². The van der Waals surface area contributed by atoms with Crippen molar-refractivity contribution in [3.8, 4) is 6.07 Å². The Balaban J connectivity index is 1.58. The first-order chi connectivity index (χ1) is 10.2. The lowest BCUT2D eigenvalue weighted by Crippen LogP contribution is -2.42. The molecule has 0 unspecified atom stereocenters. The summed E-state index contributed by atoms with van der Waals surface area (Å²) < 4.78 is 1.05. The summed E-state index contributed by atoms with van der Waals surface area (Å²) in [6, 6.07) is 9.03. The molecule has 21 heavy (non-hydrogen) atoms. The van der Waals surface area contributed by atoms with Crippen LogP contribution in [0, 0.1) is 11.3 Å². The number of fused-ring (bicyclic) bond motifs is 3. The van der Waals surface area contributed by atoms with Crippen LogP contribution in [0.4, 0.5) is 0 Å². The average Bonchev–Trinajstić information content (AvgIpc) is 3.21. The first-order valence-corrected chi connectivity index (χ1v) is 8.11. The van der Waals surface area contributed by atoms with Gasteiger partial charge >= 0.3 is 0 Å². The number of rotatable bonds is 2. The van der Waals surface area contributed by atoms with Crippen LogP contribution in [0.2, 0.25) is 0 Å². The van der Waals surface area contributed by atoms with Gasteiger partial charge in [-0.2, -0.15) is 5.26 Å². The van der Waals surface area contributed by atoms with Gasteiger partial charge in [0.05, 0.1) is 5.56 Å². The number of nitriles is 1. The van der Waals surface area contributed by atoms with E-state index in [2.05, 4.69) is 16.7 Å². The van der Waals surface area contributed by atoms with Crippen molar-refractivity contribution in [1.82, 2.24) is 10.6 Å². The second kappa shape index (κ2) is 4.83. The highest BCUT2D eigenvalue weighted by molar-refractivity contribution is 7.17. The molecular weight excluding hydrogens is 282 g/mol. The molecule has 3 heterocycles. The quantitative estimate of drug-likeness (QED) is 0.894. The van der Waals surface area contributed by atoms with Gasteiger partial charge in [0.25, 0.3) is 5.91 Å². The molecular formula is C16H15N3OS. The minimum absolute atomic E-state index is 0.0358. The summed E-state index contributed by atoms with van der Waals surface area (Å²) >= 11 is 1.54. The summed E-state index contributed by atoms with van der Waals surface area (Å²) in [5.41, 5.74) is 1.28. The van der Waals surface area contributed by atoms with Crippen LogP contribution in [0.25, 0.3) is 10.1 Å². The molecule has 3 atom stereocenters. The van der Waals surface area contributed by atoms with Gasteiger partial charge in [-0.3, -0.25) is 4.79 Å². The molecule has 2 aliphatic rings. The van der Waals surface area contributed by atoms with Gasteiger partial charge in [-0.1, -0.05) is 0 Å². The molecule has 2 aliphatic heterocycles. The first-order valence-electron chi connectivity index (χ1n) is 7.23. The number of carbonyl (C=O) groups excluding carboxylic acids is 1. The molecule has 4 nitrogen and oxygen atoms in total. The van der Waals surface area contributed by atoms with Gasteiger partial charge in [-0.25, -0.2) is 0 Å². The zero-order valence-electron chi connectivity index (χ0n) is 11.4. The van der Waals surface area contributed by atoms with Crippen molar-refractivity contribution in [3.63, 3.8) is 0 Å². The first kappa shape index (κ1) is 12.8. The molecule has 2 N–H and O–H groups in total. The van der Waals surface area contributed by atoms with Crippen LogP contribution >= 0.6 is 11.3 Å². The topological polar surface area (TPSA) is 64.9 Å². The third-order valence-corrected chi connectivity index (χ3v) is 5.54.